The first-order chi connectivity index (χ1) is 12.3. The fraction of sp³-hybridized carbons (Fsp3) is 0. The van der Waals surface area contributed by atoms with Crippen molar-refractivity contribution in [3.05, 3.63) is 45.6 Å². The van der Waals surface area contributed by atoms with Crippen LogP contribution in [0.3, 0.4) is 0 Å². The normalized spacial score (nSPS) is 11.6. The molecule has 0 aliphatic rings. The number of ether oxygens (including phenoxy) is 1. The van der Waals surface area contributed by atoms with E-state index in [1.54, 1.807) is 45.2 Å². The van der Waals surface area contributed by atoms with Gasteiger partial charge in [0.2, 0.25) is 0 Å². The van der Waals surface area contributed by atoms with Crippen LogP contribution in [0, 0.1) is 34.0 Å². The summed E-state index contributed by atoms with van der Waals surface area (Å²) in [5.74, 6) is -10.4. The molecular formula is C13H4F4I3NO5S. The number of halogens is 7. The first-order valence-corrected chi connectivity index (χ1v) is 10.9. The Hall–Kier alpha value is -0.470. The molecule has 3 N–H and O–H groups in total. The highest BCUT2D eigenvalue weighted by atomic mass is 127. The highest BCUT2D eigenvalue weighted by Gasteiger charge is 2.32. The summed E-state index contributed by atoms with van der Waals surface area (Å²) in [5, 5.41) is 0. The SMILES string of the molecule is Nc1c(F)c(F)c(C(=O)Oc2c(I)cc(I)c(S(=O)(=O)O)c2I)c(F)c1F. The predicted octanol–water partition coefficient (Wildman–Crippen LogP) is 4.10. The van der Waals surface area contributed by atoms with Gasteiger partial charge in [0.15, 0.2) is 29.0 Å². The van der Waals surface area contributed by atoms with Crippen molar-refractivity contribution in [1.82, 2.24) is 0 Å². The van der Waals surface area contributed by atoms with Gasteiger partial charge < -0.3 is 10.5 Å². The Bertz CT molecular complexity index is 1070. The summed E-state index contributed by atoms with van der Waals surface area (Å²) in [6, 6.07) is 1.20. The van der Waals surface area contributed by atoms with Gasteiger partial charge in [0, 0.05) is 3.57 Å². The molecule has 0 saturated carbocycles. The molecule has 0 saturated heterocycles. The predicted molar refractivity (Wildman–Crippen MR) is 110 cm³/mol. The molecule has 0 unspecified atom stereocenters. The van der Waals surface area contributed by atoms with Gasteiger partial charge in [0.05, 0.1) is 7.14 Å². The van der Waals surface area contributed by atoms with Gasteiger partial charge in [-0.25, -0.2) is 22.4 Å². The lowest BCUT2D eigenvalue weighted by Crippen LogP contribution is -2.19. The first-order valence-electron chi connectivity index (χ1n) is 6.27. The Balaban J connectivity index is 2.65. The Morgan fingerprint density at radius 1 is 1.00 bits per heavy atom. The van der Waals surface area contributed by atoms with Crippen LogP contribution in [0.2, 0.25) is 0 Å². The second-order valence-corrected chi connectivity index (χ2v) is 9.48. The molecule has 0 heterocycles. The Kier molecular flexibility index (Phi) is 6.85. The van der Waals surface area contributed by atoms with E-state index < -0.39 is 61.3 Å². The zero-order valence-corrected chi connectivity index (χ0v) is 19.6. The molecule has 0 aliphatic heterocycles. The quantitative estimate of drug-likeness (QED) is 0.0934. The number of anilines is 1. The second kappa shape index (κ2) is 8.11. The molecule has 0 fully saturated rings. The fourth-order valence-corrected chi connectivity index (χ4v) is 7.74. The fourth-order valence-electron chi connectivity index (χ4n) is 1.86. The minimum Gasteiger partial charge on any atom is -0.420 e. The molecule has 2 aromatic carbocycles. The van der Waals surface area contributed by atoms with Gasteiger partial charge >= 0.3 is 5.97 Å². The first kappa shape index (κ1) is 22.8. The number of benzene rings is 2. The minimum atomic E-state index is -4.73. The third-order valence-electron chi connectivity index (χ3n) is 3.04. The molecule has 0 bridgehead atoms. The van der Waals surface area contributed by atoms with Crippen molar-refractivity contribution in [2.24, 2.45) is 0 Å². The van der Waals surface area contributed by atoms with Crippen molar-refractivity contribution in [2.75, 3.05) is 5.73 Å². The van der Waals surface area contributed by atoms with Crippen LogP contribution in [0.25, 0.3) is 0 Å². The molecule has 14 heteroatoms. The van der Waals surface area contributed by atoms with Crippen LogP contribution in [-0.2, 0) is 10.1 Å². The molecule has 0 atom stereocenters. The number of carbonyl (C=O) groups excluding carboxylic acids is 1. The van der Waals surface area contributed by atoms with Crippen molar-refractivity contribution in [3.63, 3.8) is 0 Å². The van der Waals surface area contributed by atoms with Crippen LogP contribution in [-0.4, -0.2) is 18.9 Å². The summed E-state index contributed by atoms with van der Waals surface area (Å²) < 4.78 is 91.8. The van der Waals surface area contributed by atoms with Gasteiger partial charge in [0.25, 0.3) is 10.1 Å². The number of esters is 1. The van der Waals surface area contributed by atoms with Crippen LogP contribution >= 0.6 is 67.8 Å². The lowest BCUT2D eigenvalue weighted by molar-refractivity contribution is 0.0718. The smallest absolute Gasteiger partial charge is 0.349 e. The topological polar surface area (TPSA) is 107 Å². The van der Waals surface area contributed by atoms with Crippen LogP contribution in [0.1, 0.15) is 10.4 Å². The van der Waals surface area contributed by atoms with Crippen LogP contribution in [0.4, 0.5) is 23.2 Å². The highest BCUT2D eigenvalue weighted by molar-refractivity contribution is 14.1. The van der Waals surface area contributed by atoms with E-state index in [9.17, 15) is 35.3 Å². The third kappa shape index (κ3) is 4.27. The summed E-state index contributed by atoms with van der Waals surface area (Å²) in [6.45, 7) is 0. The summed E-state index contributed by atoms with van der Waals surface area (Å²) in [5.41, 5.74) is 1.72. The van der Waals surface area contributed by atoms with E-state index in [1.807, 2.05) is 0 Å². The lowest BCUT2D eigenvalue weighted by Gasteiger charge is -2.14. The minimum absolute atomic E-state index is 0.0747. The second-order valence-electron chi connectivity index (χ2n) is 4.72. The summed E-state index contributed by atoms with van der Waals surface area (Å²) in [6.07, 6.45) is 0. The van der Waals surface area contributed by atoms with Crippen LogP contribution < -0.4 is 10.5 Å². The van der Waals surface area contributed by atoms with E-state index in [-0.39, 0.29) is 10.7 Å². The number of hydrogen-bond donors (Lipinski definition) is 2. The maximum atomic E-state index is 13.9. The van der Waals surface area contributed by atoms with E-state index in [4.69, 9.17) is 10.5 Å². The number of hydrogen-bond acceptors (Lipinski definition) is 5. The van der Waals surface area contributed by atoms with Gasteiger partial charge in [-0.2, -0.15) is 8.42 Å². The molecule has 2 aromatic rings. The third-order valence-corrected chi connectivity index (χ3v) is 7.39. The van der Waals surface area contributed by atoms with Crippen molar-refractivity contribution in [1.29, 1.82) is 0 Å². The van der Waals surface area contributed by atoms with Gasteiger partial charge in [-0.1, -0.05) is 0 Å². The molecule has 27 heavy (non-hydrogen) atoms. The number of nitrogen functional groups attached to an aromatic ring is 1. The van der Waals surface area contributed by atoms with Crippen molar-refractivity contribution >= 4 is 89.5 Å². The maximum absolute atomic E-state index is 13.9. The molecule has 0 radical (unpaired) electrons. The van der Waals surface area contributed by atoms with Crippen molar-refractivity contribution in [3.8, 4) is 5.75 Å². The van der Waals surface area contributed by atoms with Gasteiger partial charge in [0.1, 0.15) is 16.1 Å². The number of nitrogens with two attached hydrogens (primary N) is 1. The van der Waals surface area contributed by atoms with E-state index in [0.29, 0.717) is 0 Å². The Morgan fingerprint density at radius 2 is 1.48 bits per heavy atom. The summed E-state index contributed by atoms with van der Waals surface area (Å²) in [7, 11) is -4.73. The molecule has 0 spiro atoms. The van der Waals surface area contributed by atoms with Crippen molar-refractivity contribution < 1.29 is 40.1 Å². The molecular weight excluding hydrogens is 739 g/mol. The average Bonchev–Trinajstić information content (AvgIpc) is 2.53. The number of rotatable bonds is 3. The van der Waals surface area contributed by atoms with Crippen molar-refractivity contribution in [2.45, 2.75) is 4.90 Å². The van der Waals surface area contributed by atoms with Gasteiger partial charge in [-0.05, 0) is 73.8 Å². The van der Waals surface area contributed by atoms with E-state index >= 15 is 0 Å². The standard InChI is InChI=1S/C13H4F4I3NO5S/c14-5-4(6(15)8(17)10(21)7(5)16)13(22)26-11-2(18)1-3(19)12(9(11)20)27(23,24)25/h1H,21H2,(H,23,24,25). The zero-order valence-electron chi connectivity index (χ0n) is 12.3. The highest BCUT2D eigenvalue weighted by Crippen LogP contribution is 2.37. The summed E-state index contributed by atoms with van der Waals surface area (Å²) >= 11 is 4.65. The van der Waals surface area contributed by atoms with Crippen LogP contribution in [0.15, 0.2) is 11.0 Å². The Labute approximate surface area is 190 Å². The molecule has 0 aromatic heterocycles. The molecule has 6 nitrogen and oxygen atoms in total. The van der Waals surface area contributed by atoms with Gasteiger partial charge in [-0.3, -0.25) is 4.55 Å². The largest absolute Gasteiger partial charge is 0.420 e. The van der Waals surface area contributed by atoms with E-state index in [2.05, 4.69) is 0 Å². The summed E-state index contributed by atoms with van der Waals surface area (Å²) in [4.78, 5) is 11.5. The molecule has 2 rings (SSSR count). The molecule has 0 amide bonds. The Morgan fingerprint density at radius 3 is 1.93 bits per heavy atom. The molecule has 146 valence electrons. The molecule has 0 aliphatic carbocycles. The maximum Gasteiger partial charge on any atom is 0.349 e. The van der Waals surface area contributed by atoms with E-state index in [0.717, 1.165) is 0 Å². The number of carbonyl (C=O) groups is 1. The van der Waals surface area contributed by atoms with Crippen LogP contribution in [0.5, 0.6) is 5.75 Å². The lowest BCUT2D eigenvalue weighted by atomic mass is 10.1. The van der Waals surface area contributed by atoms with Gasteiger partial charge in [-0.15, -0.1) is 0 Å². The zero-order chi connectivity index (χ0) is 20.8. The average molecular weight is 743 g/mol. The van der Waals surface area contributed by atoms with E-state index in [1.165, 1.54) is 28.7 Å². The monoisotopic (exact) mass is 743 g/mol.